The number of para-hydroxylation sites is 1. The van der Waals surface area contributed by atoms with Gasteiger partial charge in [-0.15, -0.1) is 0 Å². The van der Waals surface area contributed by atoms with Gasteiger partial charge in [-0.05, 0) is 31.4 Å². The number of hydrogen-bond donors (Lipinski definition) is 0. The fraction of sp³-hybridized carbons (Fsp3) is 0.700. The maximum atomic E-state index is 2.52. The van der Waals surface area contributed by atoms with E-state index in [9.17, 15) is 0 Å². The van der Waals surface area contributed by atoms with E-state index < -0.39 is 0 Å². The quantitative estimate of drug-likeness (QED) is 0.144. The van der Waals surface area contributed by atoms with Crippen LogP contribution in [0.25, 0.3) is 5.69 Å². The van der Waals surface area contributed by atoms with Gasteiger partial charge in [0.2, 0.25) is 0 Å². The van der Waals surface area contributed by atoms with E-state index in [-0.39, 0.29) is 0 Å². The molecule has 2 aromatic rings. The lowest BCUT2D eigenvalue weighted by molar-refractivity contribution is -0.704. The fourth-order valence-electron chi connectivity index (χ4n) is 4.76. The Balaban J connectivity index is 1.60. The third-order valence-electron chi connectivity index (χ3n) is 6.80. The van der Waals surface area contributed by atoms with E-state index in [1.54, 1.807) is 0 Å². The van der Waals surface area contributed by atoms with Crippen LogP contribution in [0.15, 0.2) is 42.7 Å². The number of benzene rings is 1. The van der Waals surface area contributed by atoms with Crippen molar-refractivity contribution in [2.45, 2.75) is 136 Å². The topological polar surface area (TPSA) is 8.81 Å². The number of nitrogens with zero attached hydrogens (tertiary/aromatic N) is 2. The summed E-state index contributed by atoms with van der Waals surface area (Å²) in [7, 11) is 0. The normalized spacial score (nSPS) is 11.3. The highest BCUT2D eigenvalue weighted by Crippen LogP contribution is 2.14. The Morgan fingerprint density at radius 2 is 1.09 bits per heavy atom. The van der Waals surface area contributed by atoms with E-state index >= 15 is 0 Å². The van der Waals surface area contributed by atoms with E-state index in [4.69, 9.17) is 0 Å². The molecule has 32 heavy (non-hydrogen) atoms. The van der Waals surface area contributed by atoms with Crippen LogP contribution in [0.4, 0.5) is 0 Å². The van der Waals surface area contributed by atoms with E-state index in [1.807, 2.05) is 0 Å². The molecule has 0 bridgehead atoms. The van der Waals surface area contributed by atoms with Gasteiger partial charge >= 0.3 is 0 Å². The maximum absolute atomic E-state index is 2.52. The second kappa shape index (κ2) is 17.9. The highest BCUT2D eigenvalue weighted by molar-refractivity contribution is 5.31. The highest BCUT2D eigenvalue weighted by Gasteiger charge is 2.17. The summed E-state index contributed by atoms with van der Waals surface area (Å²) in [5.74, 6) is 1.47. The summed E-state index contributed by atoms with van der Waals surface area (Å²) >= 11 is 0. The van der Waals surface area contributed by atoms with Crippen molar-refractivity contribution in [3.8, 4) is 5.69 Å². The standard InChI is InChI=1S/C30H51N2/c1-3-5-7-8-9-10-11-12-13-14-15-16-17-22-26-31-27-28-32(29-23-20-18-21-24-29)30(31)25-19-6-4-2/h18,20-21,23-24,27-28H,3-17,19,22,25-26H2,1-2H3/q+1. The molecule has 0 aliphatic carbocycles. The third kappa shape index (κ3) is 10.8. The molecule has 0 radical (unpaired) electrons. The monoisotopic (exact) mass is 439 g/mol. The van der Waals surface area contributed by atoms with Gasteiger partial charge in [0.15, 0.2) is 0 Å². The summed E-state index contributed by atoms with van der Waals surface area (Å²) in [4.78, 5) is 0. The van der Waals surface area contributed by atoms with Crippen LogP contribution in [0.1, 0.15) is 129 Å². The summed E-state index contributed by atoms with van der Waals surface area (Å²) in [5.41, 5.74) is 1.29. The Bertz CT molecular complexity index is 673. The molecule has 0 saturated heterocycles. The van der Waals surface area contributed by atoms with Crippen LogP contribution in [0.2, 0.25) is 0 Å². The smallest absolute Gasteiger partial charge is 0.234 e. The van der Waals surface area contributed by atoms with E-state index in [1.165, 1.54) is 134 Å². The molecule has 2 nitrogen and oxygen atoms in total. The SMILES string of the molecule is CCCCCCCCCCCCCCCC[n+]1ccn(-c2ccccc2)c1CCCCC. The molecule has 0 fully saturated rings. The molecular weight excluding hydrogens is 388 g/mol. The van der Waals surface area contributed by atoms with Crippen LogP contribution >= 0.6 is 0 Å². The first-order valence-electron chi connectivity index (χ1n) is 14.0. The first-order valence-corrected chi connectivity index (χ1v) is 14.0. The average molecular weight is 440 g/mol. The number of aromatic nitrogens is 2. The zero-order valence-electron chi connectivity index (χ0n) is 21.4. The fourth-order valence-corrected chi connectivity index (χ4v) is 4.76. The van der Waals surface area contributed by atoms with Crippen molar-refractivity contribution in [3.63, 3.8) is 0 Å². The first-order chi connectivity index (χ1) is 15.9. The third-order valence-corrected chi connectivity index (χ3v) is 6.80. The molecular formula is C30H51N2+. The predicted molar refractivity (Wildman–Crippen MR) is 140 cm³/mol. The molecule has 0 aliphatic rings. The molecule has 1 heterocycles. The average Bonchev–Trinajstić information content (AvgIpc) is 3.22. The highest BCUT2D eigenvalue weighted by atomic mass is 15.1. The Morgan fingerprint density at radius 3 is 1.66 bits per heavy atom. The zero-order valence-corrected chi connectivity index (χ0v) is 21.4. The molecule has 2 heteroatoms. The molecule has 0 unspecified atom stereocenters. The van der Waals surface area contributed by atoms with Gasteiger partial charge in [-0.2, -0.15) is 4.57 Å². The number of aryl methyl sites for hydroxylation is 1. The molecule has 0 N–H and O–H groups in total. The van der Waals surface area contributed by atoms with Crippen molar-refractivity contribution >= 4 is 0 Å². The number of imidazole rings is 1. The Kier molecular flexibility index (Phi) is 14.9. The van der Waals surface area contributed by atoms with Crippen molar-refractivity contribution in [2.24, 2.45) is 0 Å². The molecule has 1 aromatic carbocycles. The van der Waals surface area contributed by atoms with Crippen molar-refractivity contribution in [2.75, 3.05) is 0 Å². The molecule has 180 valence electrons. The minimum atomic E-state index is 1.17. The van der Waals surface area contributed by atoms with Crippen LogP contribution in [0, 0.1) is 0 Å². The lowest BCUT2D eigenvalue weighted by Crippen LogP contribution is -2.37. The first kappa shape index (κ1) is 26.7. The largest absolute Gasteiger partial charge is 0.261 e. The Labute approximate surface area is 199 Å². The minimum absolute atomic E-state index is 1.17. The molecule has 0 atom stereocenters. The molecule has 0 amide bonds. The number of hydrogen-bond acceptors (Lipinski definition) is 0. The number of rotatable bonds is 20. The lowest BCUT2D eigenvalue weighted by Gasteiger charge is -2.06. The Morgan fingerprint density at radius 1 is 0.594 bits per heavy atom. The molecule has 0 spiro atoms. The van der Waals surface area contributed by atoms with Crippen molar-refractivity contribution in [3.05, 3.63) is 48.5 Å². The molecule has 0 saturated carbocycles. The number of unbranched alkanes of at least 4 members (excludes halogenated alkanes) is 15. The minimum Gasteiger partial charge on any atom is -0.234 e. The van der Waals surface area contributed by atoms with Crippen LogP contribution < -0.4 is 4.57 Å². The van der Waals surface area contributed by atoms with Gasteiger partial charge in [0, 0.05) is 6.42 Å². The second-order valence-electron chi connectivity index (χ2n) is 9.67. The summed E-state index contributed by atoms with van der Waals surface area (Å²) in [6.45, 7) is 5.76. The van der Waals surface area contributed by atoms with E-state index in [0.717, 1.165) is 0 Å². The van der Waals surface area contributed by atoms with Crippen LogP contribution in [0.5, 0.6) is 0 Å². The maximum Gasteiger partial charge on any atom is 0.261 e. The van der Waals surface area contributed by atoms with Crippen LogP contribution in [-0.2, 0) is 13.0 Å². The second-order valence-corrected chi connectivity index (χ2v) is 9.67. The molecule has 0 aliphatic heterocycles. The van der Waals surface area contributed by atoms with Crippen molar-refractivity contribution < 1.29 is 4.57 Å². The van der Waals surface area contributed by atoms with Gasteiger partial charge in [-0.25, -0.2) is 4.57 Å². The summed E-state index contributed by atoms with van der Waals surface area (Å²) in [6.07, 6.45) is 29.6. The Hall–Kier alpha value is -1.57. The van der Waals surface area contributed by atoms with Gasteiger partial charge in [-0.3, -0.25) is 0 Å². The van der Waals surface area contributed by atoms with Gasteiger partial charge in [0.05, 0.1) is 6.54 Å². The van der Waals surface area contributed by atoms with Crippen LogP contribution in [-0.4, -0.2) is 4.57 Å². The summed E-state index contributed by atoms with van der Waals surface area (Å²) in [6, 6.07) is 10.8. The van der Waals surface area contributed by atoms with Crippen molar-refractivity contribution in [1.29, 1.82) is 0 Å². The molecule has 2 rings (SSSR count). The van der Waals surface area contributed by atoms with Gasteiger partial charge in [-0.1, -0.05) is 122 Å². The lowest BCUT2D eigenvalue weighted by atomic mass is 10.0. The summed E-state index contributed by atoms with van der Waals surface area (Å²) < 4.78 is 4.92. The van der Waals surface area contributed by atoms with Gasteiger partial charge in [0.1, 0.15) is 18.1 Å². The predicted octanol–water partition coefficient (Wildman–Crippen LogP) is 8.98. The molecule has 1 aromatic heterocycles. The van der Waals surface area contributed by atoms with Gasteiger partial charge < -0.3 is 0 Å². The zero-order chi connectivity index (χ0) is 22.7. The van der Waals surface area contributed by atoms with E-state index in [2.05, 4.69) is 65.7 Å². The van der Waals surface area contributed by atoms with Crippen LogP contribution in [0.3, 0.4) is 0 Å². The van der Waals surface area contributed by atoms with Crippen molar-refractivity contribution in [1.82, 2.24) is 4.57 Å². The van der Waals surface area contributed by atoms with Gasteiger partial charge in [0.25, 0.3) is 5.82 Å². The summed E-state index contributed by atoms with van der Waals surface area (Å²) in [5, 5.41) is 0. The van der Waals surface area contributed by atoms with E-state index in [0.29, 0.717) is 0 Å².